The van der Waals surface area contributed by atoms with Crippen LogP contribution in [0.4, 0.5) is 14.5 Å². The van der Waals surface area contributed by atoms with Gasteiger partial charge < -0.3 is 9.30 Å². The molecule has 8 heteroatoms. The quantitative estimate of drug-likeness (QED) is 0.187. The number of halogens is 2. The van der Waals surface area contributed by atoms with E-state index in [4.69, 9.17) is 16.3 Å². The van der Waals surface area contributed by atoms with Crippen LogP contribution in [0, 0.1) is 41.9 Å². The number of pyridine rings is 1. The summed E-state index contributed by atoms with van der Waals surface area (Å²) in [5.74, 6) is 0.102. The maximum absolute atomic E-state index is 15.5. The van der Waals surface area contributed by atoms with Crippen molar-refractivity contribution in [2.75, 3.05) is 0 Å². The molecule has 1 aliphatic rings. The molecule has 0 radical (unpaired) electrons. The summed E-state index contributed by atoms with van der Waals surface area (Å²) in [6.45, 7) is 9.50. The molecule has 0 N–H and O–H groups in total. The molecule has 1 aliphatic carbocycles. The number of imidazole rings is 1. The molecule has 6 nitrogen and oxygen atoms in total. The van der Waals surface area contributed by atoms with Gasteiger partial charge in [-0.2, -0.15) is 5.26 Å². The Kier molecular flexibility index (Phi) is 6.69. The molecular formula is C33H25F2N5O. The van der Waals surface area contributed by atoms with Crippen LogP contribution in [0.3, 0.4) is 0 Å². The van der Waals surface area contributed by atoms with Crippen LogP contribution in [-0.4, -0.2) is 14.5 Å². The number of nitrogens with zero attached hydrogens (tertiary/aromatic N) is 5. The summed E-state index contributed by atoms with van der Waals surface area (Å²) in [4.78, 5) is 12.5. The number of hydrogen-bond acceptors (Lipinski definition) is 4. The van der Waals surface area contributed by atoms with E-state index >= 15 is 4.39 Å². The van der Waals surface area contributed by atoms with Crippen molar-refractivity contribution < 1.29 is 13.5 Å². The predicted molar refractivity (Wildman–Crippen MR) is 151 cm³/mol. The molecule has 5 aromatic rings. The molecule has 41 heavy (non-hydrogen) atoms. The van der Waals surface area contributed by atoms with Crippen molar-refractivity contribution >= 4 is 16.7 Å². The second kappa shape index (κ2) is 10.5. The molecule has 2 aromatic heterocycles. The van der Waals surface area contributed by atoms with E-state index in [1.807, 2.05) is 25.1 Å². The number of rotatable bonds is 8. The highest BCUT2D eigenvalue weighted by atomic mass is 19.1. The second-order valence-corrected chi connectivity index (χ2v) is 10.5. The summed E-state index contributed by atoms with van der Waals surface area (Å²) in [5, 5.41) is 9.70. The van der Waals surface area contributed by atoms with Gasteiger partial charge in [-0.15, -0.1) is 0 Å². The summed E-state index contributed by atoms with van der Waals surface area (Å²) in [6.07, 6.45) is 2.00. The van der Waals surface area contributed by atoms with Crippen LogP contribution < -0.4 is 4.74 Å². The lowest BCUT2D eigenvalue weighted by atomic mass is 10.0. The van der Waals surface area contributed by atoms with Gasteiger partial charge in [0.15, 0.2) is 5.69 Å². The van der Waals surface area contributed by atoms with E-state index in [-0.39, 0.29) is 35.8 Å². The van der Waals surface area contributed by atoms with E-state index in [0.717, 1.165) is 35.3 Å². The molecule has 0 bridgehead atoms. The number of fused-ring (bicyclic) bond motifs is 1. The van der Waals surface area contributed by atoms with Gasteiger partial charge in [0.1, 0.15) is 24.1 Å². The lowest BCUT2D eigenvalue weighted by Gasteiger charge is -2.13. The van der Waals surface area contributed by atoms with Crippen molar-refractivity contribution in [1.82, 2.24) is 14.5 Å². The van der Waals surface area contributed by atoms with E-state index in [0.29, 0.717) is 28.9 Å². The van der Waals surface area contributed by atoms with Crippen LogP contribution >= 0.6 is 0 Å². The maximum atomic E-state index is 15.5. The Labute approximate surface area is 236 Å². The van der Waals surface area contributed by atoms with Crippen molar-refractivity contribution in [2.24, 2.45) is 5.41 Å². The van der Waals surface area contributed by atoms with Crippen molar-refractivity contribution in [1.29, 1.82) is 5.26 Å². The zero-order valence-electron chi connectivity index (χ0n) is 22.4. The average molecular weight is 546 g/mol. The van der Waals surface area contributed by atoms with E-state index in [1.54, 1.807) is 24.3 Å². The molecule has 0 saturated heterocycles. The molecule has 0 atom stereocenters. The Balaban J connectivity index is 1.23. The van der Waals surface area contributed by atoms with Crippen LogP contribution in [-0.2, 0) is 19.6 Å². The molecule has 1 fully saturated rings. The molecule has 0 spiro atoms. The van der Waals surface area contributed by atoms with Gasteiger partial charge in [-0.3, -0.25) is 0 Å². The monoisotopic (exact) mass is 545 g/mol. The van der Waals surface area contributed by atoms with Crippen molar-refractivity contribution in [2.45, 2.75) is 39.3 Å². The molecule has 202 valence electrons. The standard InChI is InChI=1S/C33H25F2N5O/c1-21-6-11-29-30(14-21)40(20-33(19-36)12-13-33)31(38-29)16-22-7-8-23(15-26(22)34)28-4-3-5-32(39-28)41-18-24-9-10-25(37-2)17-27(24)35/h3-11,14-15,17H,12-13,16,18,20H2,1H3. The average Bonchev–Trinajstić information content (AvgIpc) is 3.69. The summed E-state index contributed by atoms with van der Waals surface area (Å²) in [5.41, 5.74) is 4.64. The smallest absolute Gasteiger partial charge is 0.214 e. The van der Waals surface area contributed by atoms with E-state index in [1.165, 1.54) is 24.3 Å². The lowest BCUT2D eigenvalue weighted by Crippen LogP contribution is -2.13. The SMILES string of the molecule is [C-]#[N+]c1ccc(COc2cccc(-c3ccc(Cc4nc5ccc(C)cc5n4CC4(C#N)CC4)c(F)c3)n2)c(F)c1. The maximum Gasteiger partial charge on any atom is 0.214 e. The highest BCUT2D eigenvalue weighted by Crippen LogP contribution is 2.47. The fraction of sp³-hybridized carbons (Fsp3) is 0.212. The fourth-order valence-corrected chi connectivity index (χ4v) is 4.90. The molecule has 1 saturated carbocycles. The number of hydrogen-bond donors (Lipinski definition) is 0. The second-order valence-electron chi connectivity index (χ2n) is 10.5. The number of benzene rings is 3. The van der Waals surface area contributed by atoms with Gasteiger partial charge in [-0.05, 0) is 61.2 Å². The number of aryl methyl sites for hydroxylation is 1. The Hall–Kier alpha value is -5.08. The molecule has 0 amide bonds. The summed E-state index contributed by atoms with van der Waals surface area (Å²) in [7, 11) is 0. The minimum Gasteiger partial charge on any atom is -0.473 e. The van der Waals surface area contributed by atoms with E-state index in [9.17, 15) is 9.65 Å². The molecule has 2 heterocycles. The normalized spacial score (nSPS) is 13.5. The largest absolute Gasteiger partial charge is 0.473 e. The topological polar surface area (TPSA) is 68.1 Å². The highest BCUT2D eigenvalue weighted by Gasteiger charge is 2.44. The van der Waals surface area contributed by atoms with Crippen LogP contribution in [0.1, 0.15) is 35.4 Å². The zero-order chi connectivity index (χ0) is 28.6. The van der Waals surface area contributed by atoms with Gasteiger partial charge in [-0.25, -0.2) is 23.6 Å². The minimum absolute atomic E-state index is 0.0541. The Morgan fingerprint density at radius 2 is 1.80 bits per heavy atom. The first-order chi connectivity index (χ1) is 19.9. The first-order valence-electron chi connectivity index (χ1n) is 13.3. The van der Waals surface area contributed by atoms with E-state index in [2.05, 4.69) is 26.5 Å². The summed E-state index contributed by atoms with van der Waals surface area (Å²) in [6, 6.07) is 22.9. The van der Waals surface area contributed by atoms with Gasteiger partial charge in [0.2, 0.25) is 5.88 Å². The number of ether oxygens (including phenoxy) is 1. The first-order valence-corrected chi connectivity index (χ1v) is 13.3. The van der Waals surface area contributed by atoms with Crippen molar-refractivity contribution in [3.05, 3.63) is 118 Å². The molecular weight excluding hydrogens is 520 g/mol. The summed E-state index contributed by atoms with van der Waals surface area (Å²) >= 11 is 0. The third kappa shape index (κ3) is 5.37. The number of nitriles is 1. The van der Waals surface area contributed by atoms with Gasteiger partial charge in [0.25, 0.3) is 0 Å². The lowest BCUT2D eigenvalue weighted by molar-refractivity contribution is 0.288. The van der Waals surface area contributed by atoms with Crippen LogP contribution in [0.25, 0.3) is 27.1 Å². The van der Waals surface area contributed by atoms with Crippen LogP contribution in [0.15, 0.2) is 72.8 Å². The van der Waals surface area contributed by atoms with E-state index < -0.39 is 5.82 Å². The van der Waals surface area contributed by atoms with Crippen LogP contribution in [0.5, 0.6) is 5.88 Å². The van der Waals surface area contributed by atoms with Gasteiger partial charge in [-0.1, -0.05) is 36.4 Å². The molecule has 0 unspecified atom stereocenters. The number of aromatic nitrogens is 3. The highest BCUT2D eigenvalue weighted by molar-refractivity contribution is 5.77. The molecule has 6 rings (SSSR count). The minimum atomic E-state index is -0.518. The Morgan fingerprint density at radius 1 is 1.00 bits per heavy atom. The van der Waals surface area contributed by atoms with Gasteiger partial charge in [0, 0.05) is 30.2 Å². The third-order valence-corrected chi connectivity index (χ3v) is 7.50. The first kappa shape index (κ1) is 26.2. The van der Waals surface area contributed by atoms with Gasteiger partial charge in [0.05, 0.1) is 34.8 Å². The van der Waals surface area contributed by atoms with Crippen LogP contribution in [0.2, 0.25) is 0 Å². The predicted octanol–water partition coefficient (Wildman–Crippen LogP) is 7.71. The van der Waals surface area contributed by atoms with Crippen molar-refractivity contribution in [3.8, 4) is 23.2 Å². The van der Waals surface area contributed by atoms with Crippen molar-refractivity contribution in [3.63, 3.8) is 0 Å². The Bertz CT molecular complexity index is 1880. The Morgan fingerprint density at radius 3 is 2.54 bits per heavy atom. The summed E-state index contributed by atoms with van der Waals surface area (Å²) < 4.78 is 37.4. The fourth-order valence-electron chi connectivity index (χ4n) is 4.90. The molecule has 0 aliphatic heterocycles. The molecule has 3 aromatic carbocycles. The third-order valence-electron chi connectivity index (χ3n) is 7.50. The van der Waals surface area contributed by atoms with Gasteiger partial charge >= 0.3 is 0 Å². The zero-order valence-corrected chi connectivity index (χ0v) is 22.4.